The Hall–Kier alpha value is -2.82. The first-order chi connectivity index (χ1) is 13.9. The third kappa shape index (κ3) is 4.14. The molecule has 4 rings (SSSR count). The van der Waals surface area contributed by atoms with E-state index in [1.165, 1.54) is 22.2 Å². The van der Waals surface area contributed by atoms with E-state index < -0.39 is 13.0 Å². The number of fused-ring (bicyclic) bond motifs is 1. The van der Waals surface area contributed by atoms with Crippen molar-refractivity contribution in [2.45, 2.75) is 26.3 Å². The van der Waals surface area contributed by atoms with Crippen molar-refractivity contribution in [1.82, 2.24) is 24.0 Å². The molecular weight excluding hydrogens is 400 g/mol. The Morgan fingerprint density at radius 3 is 3.00 bits per heavy atom. The molecule has 1 aliphatic heterocycles. The number of rotatable bonds is 7. The highest BCUT2D eigenvalue weighted by molar-refractivity contribution is 7.10. The molecule has 11 heteroatoms. The topological polar surface area (TPSA) is 80.5 Å². The first-order valence-corrected chi connectivity index (χ1v) is 9.93. The maximum absolute atomic E-state index is 12.4. The zero-order chi connectivity index (χ0) is 20.5. The molecule has 0 aliphatic carbocycles. The van der Waals surface area contributed by atoms with Crippen molar-refractivity contribution in [3.05, 3.63) is 36.3 Å². The van der Waals surface area contributed by atoms with Gasteiger partial charge in [0.15, 0.2) is 6.61 Å². The predicted octanol–water partition coefficient (Wildman–Crippen LogP) is 3.03. The number of nitrogens with zero attached hydrogens (tertiary/aromatic N) is 6. The summed E-state index contributed by atoms with van der Waals surface area (Å²) in [5, 5.41) is 8.79. The molecule has 0 radical (unpaired) electrons. The van der Waals surface area contributed by atoms with Crippen molar-refractivity contribution in [3.63, 3.8) is 0 Å². The Kier molecular flexibility index (Phi) is 5.31. The van der Waals surface area contributed by atoms with Crippen LogP contribution in [0.25, 0.3) is 5.65 Å². The number of hydrogen-bond donors (Lipinski definition) is 1. The molecular formula is C18H21F2N7OS. The summed E-state index contributed by atoms with van der Waals surface area (Å²) in [6.07, 6.45) is 0.440. The van der Waals surface area contributed by atoms with Crippen molar-refractivity contribution in [3.8, 4) is 5.88 Å². The minimum absolute atomic E-state index is 0.0253. The van der Waals surface area contributed by atoms with Crippen LogP contribution in [0, 0.1) is 12.8 Å². The van der Waals surface area contributed by atoms with Gasteiger partial charge in [0.1, 0.15) is 5.00 Å². The highest BCUT2D eigenvalue weighted by atomic mass is 32.1. The molecule has 29 heavy (non-hydrogen) atoms. The molecule has 1 saturated heterocycles. The molecule has 0 bridgehead atoms. The molecule has 0 amide bonds. The van der Waals surface area contributed by atoms with E-state index in [9.17, 15) is 8.78 Å². The monoisotopic (exact) mass is 421 g/mol. The van der Waals surface area contributed by atoms with Crippen LogP contribution in [0.5, 0.6) is 5.88 Å². The van der Waals surface area contributed by atoms with E-state index in [0.29, 0.717) is 5.95 Å². The summed E-state index contributed by atoms with van der Waals surface area (Å²) in [6.45, 7) is 9.13. The van der Waals surface area contributed by atoms with Crippen LogP contribution in [0.1, 0.15) is 12.6 Å². The number of aryl methyl sites for hydroxylation is 1. The van der Waals surface area contributed by atoms with Gasteiger partial charge in [0.05, 0.1) is 5.69 Å². The lowest BCUT2D eigenvalue weighted by molar-refractivity contribution is 0.0801. The Balaban J connectivity index is 1.46. The van der Waals surface area contributed by atoms with Crippen LogP contribution in [0.15, 0.2) is 30.6 Å². The van der Waals surface area contributed by atoms with E-state index in [-0.39, 0.29) is 23.5 Å². The van der Waals surface area contributed by atoms with E-state index in [0.717, 1.165) is 29.4 Å². The second-order valence-electron chi connectivity index (χ2n) is 7.02. The first-order valence-electron chi connectivity index (χ1n) is 9.15. The Morgan fingerprint density at radius 1 is 1.45 bits per heavy atom. The van der Waals surface area contributed by atoms with Crippen LogP contribution >= 0.6 is 11.5 Å². The average molecular weight is 421 g/mol. The number of hydrogen-bond acceptors (Lipinski definition) is 8. The maximum Gasteiger partial charge on any atom is 0.272 e. The Labute approximate surface area is 170 Å². The number of alkyl halides is 2. The van der Waals surface area contributed by atoms with Gasteiger partial charge in [0.2, 0.25) is 11.6 Å². The zero-order valence-electron chi connectivity index (χ0n) is 16.0. The van der Waals surface area contributed by atoms with Crippen LogP contribution in [0.3, 0.4) is 0 Å². The summed E-state index contributed by atoms with van der Waals surface area (Å²) in [5.74, 6) is 0.613. The molecule has 0 saturated carbocycles. The summed E-state index contributed by atoms with van der Waals surface area (Å²) in [6, 6.07) is 2.10. The largest absolute Gasteiger partial charge is 0.469 e. The van der Waals surface area contributed by atoms with Gasteiger partial charge in [-0.05, 0) is 31.4 Å². The van der Waals surface area contributed by atoms with E-state index in [2.05, 4.69) is 49.2 Å². The Bertz CT molecular complexity index is 1020. The lowest BCUT2D eigenvalue weighted by Gasteiger charge is -2.21. The van der Waals surface area contributed by atoms with Gasteiger partial charge < -0.3 is 15.0 Å². The second kappa shape index (κ2) is 7.90. The lowest BCUT2D eigenvalue weighted by Crippen LogP contribution is -2.30. The zero-order valence-corrected chi connectivity index (χ0v) is 16.9. The number of nitrogens with one attached hydrogen (secondary N) is 1. The van der Waals surface area contributed by atoms with Gasteiger partial charge in [-0.15, -0.1) is 5.10 Å². The number of anilines is 2. The summed E-state index contributed by atoms with van der Waals surface area (Å²) < 4.78 is 35.7. The maximum atomic E-state index is 12.4. The van der Waals surface area contributed by atoms with Crippen LogP contribution < -0.4 is 15.0 Å². The lowest BCUT2D eigenvalue weighted by atomic mass is 9.97. The second-order valence-corrected chi connectivity index (χ2v) is 7.81. The fourth-order valence-electron chi connectivity index (χ4n) is 3.38. The Morgan fingerprint density at radius 2 is 2.28 bits per heavy atom. The van der Waals surface area contributed by atoms with Crippen LogP contribution in [-0.2, 0) is 0 Å². The van der Waals surface area contributed by atoms with Crippen molar-refractivity contribution >= 4 is 28.1 Å². The van der Waals surface area contributed by atoms with Crippen molar-refractivity contribution in [1.29, 1.82) is 0 Å². The molecule has 3 aromatic heterocycles. The van der Waals surface area contributed by atoms with Gasteiger partial charge in [-0.1, -0.05) is 12.2 Å². The standard InChI is InChI=1S/C18H21F2N7OS/c1-10-7-26(15-6-11(2)25-29-15)8-13(10)12(3)22-18-23-16-17(28-9-14(19)20)21-4-5-27(16)24-18/h4-6,12-14H,1,7-9H2,2-3H3,(H,22,24). The van der Waals surface area contributed by atoms with Gasteiger partial charge >= 0.3 is 0 Å². The molecule has 0 spiro atoms. The van der Waals surface area contributed by atoms with Crippen LogP contribution in [0.2, 0.25) is 0 Å². The van der Waals surface area contributed by atoms with Crippen molar-refractivity contribution in [2.24, 2.45) is 5.92 Å². The van der Waals surface area contributed by atoms with Crippen molar-refractivity contribution < 1.29 is 13.5 Å². The van der Waals surface area contributed by atoms with E-state index in [1.807, 2.05) is 6.92 Å². The molecule has 1 aliphatic rings. The molecule has 2 atom stereocenters. The minimum Gasteiger partial charge on any atom is -0.469 e. The normalized spacial score (nSPS) is 18.0. The quantitative estimate of drug-likeness (QED) is 0.588. The molecule has 2 unspecified atom stereocenters. The van der Waals surface area contributed by atoms with E-state index in [1.54, 1.807) is 6.20 Å². The van der Waals surface area contributed by atoms with Gasteiger partial charge in [-0.2, -0.15) is 9.36 Å². The van der Waals surface area contributed by atoms with Gasteiger partial charge in [0, 0.05) is 37.4 Å². The summed E-state index contributed by atoms with van der Waals surface area (Å²) in [5.41, 5.74) is 2.43. The van der Waals surface area contributed by atoms with Crippen molar-refractivity contribution in [2.75, 3.05) is 29.9 Å². The van der Waals surface area contributed by atoms with Crippen LogP contribution in [0.4, 0.5) is 19.7 Å². The summed E-state index contributed by atoms with van der Waals surface area (Å²) in [4.78, 5) is 10.6. The summed E-state index contributed by atoms with van der Waals surface area (Å²) in [7, 11) is 0. The highest BCUT2D eigenvalue weighted by Crippen LogP contribution is 2.32. The van der Waals surface area contributed by atoms with E-state index in [4.69, 9.17) is 4.74 Å². The average Bonchev–Trinajstić information content (AvgIpc) is 3.37. The molecule has 0 aromatic carbocycles. The predicted molar refractivity (Wildman–Crippen MR) is 107 cm³/mol. The minimum atomic E-state index is -2.59. The number of aromatic nitrogens is 5. The number of ether oxygens (including phenoxy) is 1. The van der Waals surface area contributed by atoms with Gasteiger partial charge in [-0.3, -0.25) is 0 Å². The molecule has 4 heterocycles. The molecule has 8 nitrogen and oxygen atoms in total. The smallest absolute Gasteiger partial charge is 0.272 e. The van der Waals surface area contributed by atoms with Gasteiger partial charge in [-0.25, -0.2) is 18.3 Å². The first kappa shape index (κ1) is 19.5. The summed E-state index contributed by atoms with van der Waals surface area (Å²) >= 11 is 1.49. The fourth-order valence-corrected chi connectivity index (χ4v) is 4.14. The van der Waals surface area contributed by atoms with Gasteiger partial charge in [0.25, 0.3) is 12.3 Å². The highest BCUT2D eigenvalue weighted by Gasteiger charge is 2.32. The SMILES string of the molecule is C=C1CN(c2cc(C)ns2)CC1C(C)Nc1nc2c(OCC(F)F)nccn2n1. The fraction of sp³-hybridized carbons (Fsp3) is 0.444. The number of halogens is 2. The molecule has 1 N–H and O–H groups in total. The molecule has 1 fully saturated rings. The van der Waals surface area contributed by atoms with E-state index >= 15 is 0 Å². The van der Waals surface area contributed by atoms with Crippen LogP contribution in [-0.4, -0.2) is 56.1 Å². The molecule has 3 aromatic rings. The third-order valence-electron chi connectivity index (χ3n) is 4.79. The third-order valence-corrected chi connectivity index (χ3v) is 5.73. The molecule has 154 valence electrons.